The zero-order valence-electron chi connectivity index (χ0n) is 12.4. The summed E-state index contributed by atoms with van der Waals surface area (Å²) in [6.07, 6.45) is 2.81. The molecule has 2 aromatic rings. The van der Waals surface area contributed by atoms with Crippen LogP contribution in [-0.4, -0.2) is 13.2 Å². The first-order chi connectivity index (χ1) is 10.2. The highest BCUT2D eigenvalue weighted by molar-refractivity contribution is 9.10. The fraction of sp³-hybridized carbons (Fsp3) is 0.333. The second kappa shape index (κ2) is 6.20. The van der Waals surface area contributed by atoms with E-state index >= 15 is 0 Å². The van der Waals surface area contributed by atoms with Gasteiger partial charge in [-0.2, -0.15) is 0 Å². The van der Waals surface area contributed by atoms with Crippen LogP contribution < -0.4 is 10.1 Å². The van der Waals surface area contributed by atoms with Crippen LogP contribution in [0.3, 0.4) is 0 Å². The standard InChI is InChI=1S/C18H20BrNO/c1-12-10-14(6-9-17(12)19)18(20-2)13-4-3-5-16(11-13)21-15-7-8-15/h3-6,9-11,15,18,20H,7-8H2,1-2H3. The molecule has 0 spiro atoms. The summed E-state index contributed by atoms with van der Waals surface area (Å²) in [6, 6.07) is 15.1. The van der Waals surface area contributed by atoms with Gasteiger partial charge in [-0.1, -0.05) is 40.2 Å². The predicted octanol–water partition coefficient (Wildman–Crippen LogP) is 4.61. The van der Waals surface area contributed by atoms with Crippen molar-refractivity contribution in [1.82, 2.24) is 5.32 Å². The number of hydrogen-bond acceptors (Lipinski definition) is 2. The van der Waals surface area contributed by atoms with Crippen molar-refractivity contribution in [2.45, 2.75) is 31.9 Å². The summed E-state index contributed by atoms with van der Waals surface area (Å²) in [5.74, 6) is 0.976. The third-order valence-corrected chi connectivity index (χ3v) is 4.71. The Morgan fingerprint density at radius 2 is 1.90 bits per heavy atom. The maximum absolute atomic E-state index is 5.90. The molecular formula is C18H20BrNO. The van der Waals surface area contributed by atoms with E-state index in [1.165, 1.54) is 29.5 Å². The zero-order chi connectivity index (χ0) is 14.8. The molecule has 1 atom stereocenters. The number of ether oxygens (including phenoxy) is 1. The Morgan fingerprint density at radius 1 is 1.14 bits per heavy atom. The lowest BCUT2D eigenvalue weighted by Gasteiger charge is -2.19. The van der Waals surface area contributed by atoms with Crippen LogP contribution in [0.1, 0.15) is 35.6 Å². The van der Waals surface area contributed by atoms with Gasteiger partial charge >= 0.3 is 0 Å². The Kier molecular flexibility index (Phi) is 4.32. The molecule has 0 aromatic heterocycles. The molecule has 3 rings (SSSR count). The third kappa shape index (κ3) is 3.47. The van der Waals surface area contributed by atoms with Crippen molar-refractivity contribution in [1.29, 1.82) is 0 Å². The summed E-state index contributed by atoms with van der Waals surface area (Å²) in [5, 5.41) is 3.41. The Balaban J connectivity index is 1.89. The molecule has 1 N–H and O–H groups in total. The Labute approximate surface area is 134 Å². The lowest BCUT2D eigenvalue weighted by Crippen LogP contribution is -2.17. The van der Waals surface area contributed by atoms with Gasteiger partial charge in [-0.25, -0.2) is 0 Å². The van der Waals surface area contributed by atoms with E-state index in [9.17, 15) is 0 Å². The Morgan fingerprint density at radius 3 is 2.57 bits per heavy atom. The number of nitrogens with one attached hydrogen (secondary N) is 1. The topological polar surface area (TPSA) is 21.3 Å². The molecule has 1 saturated carbocycles. The molecule has 3 heteroatoms. The maximum Gasteiger partial charge on any atom is 0.120 e. The largest absolute Gasteiger partial charge is 0.490 e. The van der Waals surface area contributed by atoms with Crippen molar-refractivity contribution in [2.24, 2.45) is 0 Å². The molecule has 0 saturated heterocycles. The van der Waals surface area contributed by atoms with Crippen LogP contribution in [0, 0.1) is 6.92 Å². The first-order valence-electron chi connectivity index (χ1n) is 7.37. The van der Waals surface area contributed by atoms with Gasteiger partial charge in [0.25, 0.3) is 0 Å². The monoisotopic (exact) mass is 345 g/mol. The summed E-state index contributed by atoms with van der Waals surface area (Å²) in [4.78, 5) is 0. The Bertz CT molecular complexity index is 637. The van der Waals surface area contributed by atoms with Crippen LogP contribution in [-0.2, 0) is 0 Å². The molecule has 1 unspecified atom stereocenters. The van der Waals surface area contributed by atoms with Gasteiger partial charge in [-0.05, 0) is 61.7 Å². The molecule has 1 fully saturated rings. The van der Waals surface area contributed by atoms with E-state index in [1.54, 1.807) is 0 Å². The second-order valence-corrected chi connectivity index (χ2v) is 6.47. The molecule has 1 aliphatic rings. The van der Waals surface area contributed by atoms with Crippen LogP contribution in [0.25, 0.3) is 0 Å². The summed E-state index contributed by atoms with van der Waals surface area (Å²) < 4.78 is 7.05. The van der Waals surface area contributed by atoms with Gasteiger partial charge in [0.1, 0.15) is 5.75 Å². The average Bonchev–Trinajstić information content (AvgIpc) is 3.28. The van der Waals surface area contributed by atoms with Crippen LogP contribution >= 0.6 is 15.9 Å². The van der Waals surface area contributed by atoms with Crippen molar-refractivity contribution in [3.05, 3.63) is 63.6 Å². The zero-order valence-corrected chi connectivity index (χ0v) is 14.0. The van der Waals surface area contributed by atoms with Crippen LogP contribution in [0.5, 0.6) is 5.75 Å². The first kappa shape index (κ1) is 14.6. The SMILES string of the molecule is CNC(c1cccc(OC2CC2)c1)c1ccc(Br)c(C)c1. The van der Waals surface area contributed by atoms with Crippen molar-refractivity contribution >= 4 is 15.9 Å². The lowest BCUT2D eigenvalue weighted by molar-refractivity contribution is 0.302. The lowest BCUT2D eigenvalue weighted by atomic mass is 9.97. The van der Waals surface area contributed by atoms with Gasteiger partial charge in [0.15, 0.2) is 0 Å². The van der Waals surface area contributed by atoms with E-state index in [-0.39, 0.29) is 6.04 Å². The highest BCUT2D eigenvalue weighted by atomic mass is 79.9. The minimum absolute atomic E-state index is 0.180. The number of hydrogen-bond donors (Lipinski definition) is 1. The molecule has 2 aromatic carbocycles. The second-order valence-electron chi connectivity index (χ2n) is 5.62. The average molecular weight is 346 g/mol. The molecule has 0 radical (unpaired) electrons. The van der Waals surface area contributed by atoms with Gasteiger partial charge in [0, 0.05) is 4.47 Å². The fourth-order valence-corrected chi connectivity index (χ4v) is 2.77. The minimum atomic E-state index is 0.180. The van der Waals surface area contributed by atoms with E-state index < -0.39 is 0 Å². The highest BCUT2D eigenvalue weighted by Gasteiger charge is 2.23. The molecule has 0 amide bonds. The summed E-state index contributed by atoms with van der Waals surface area (Å²) in [5.41, 5.74) is 3.75. The quantitative estimate of drug-likeness (QED) is 0.854. The third-order valence-electron chi connectivity index (χ3n) is 3.82. The minimum Gasteiger partial charge on any atom is -0.490 e. The maximum atomic E-state index is 5.90. The first-order valence-corrected chi connectivity index (χ1v) is 8.16. The van der Waals surface area contributed by atoms with Crippen LogP contribution in [0.4, 0.5) is 0 Å². The molecule has 2 nitrogen and oxygen atoms in total. The van der Waals surface area contributed by atoms with E-state index in [4.69, 9.17) is 4.74 Å². The predicted molar refractivity (Wildman–Crippen MR) is 89.9 cm³/mol. The molecule has 21 heavy (non-hydrogen) atoms. The van der Waals surface area contributed by atoms with Crippen LogP contribution in [0.2, 0.25) is 0 Å². The molecular weight excluding hydrogens is 326 g/mol. The van der Waals surface area contributed by atoms with Crippen LogP contribution in [0.15, 0.2) is 46.9 Å². The number of halogens is 1. The van der Waals surface area contributed by atoms with Gasteiger partial charge in [-0.15, -0.1) is 0 Å². The smallest absolute Gasteiger partial charge is 0.120 e. The van der Waals surface area contributed by atoms with E-state index in [2.05, 4.69) is 64.6 Å². The number of rotatable bonds is 5. The normalized spacial score (nSPS) is 15.8. The van der Waals surface area contributed by atoms with E-state index in [0.29, 0.717) is 6.10 Å². The van der Waals surface area contributed by atoms with E-state index in [0.717, 1.165) is 10.2 Å². The molecule has 0 bridgehead atoms. The summed E-state index contributed by atoms with van der Waals surface area (Å²) in [6.45, 7) is 2.12. The fourth-order valence-electron chi connectivity index (χ4n) is 2.52. The number of benzene rings is 2. The highest BCUT2D eigenvalue weighted by Crippen LogP contribution is 2.31. The van der Waals surface area contributed by atoms with Crippen molar-refractivity contribution in [3.63, 3.8) is 0 Å². The number of aryl methyl sites for hydroxylation is 1. The van der Waals surface area contributed by atoms with E-state index in [1.807, 2.05) is 13.1 Å². The summed E-state index contributed by atoms with van der Waals surface area (Å²) in [7, 11) is 2.00. The Hall–Kier alpha value is -1.32. The molecule has 110 valence electrons. The molecule has 0 heterocycles. The molecule has 1 aliphatic carbocycles. The summed E-state index contributed by atoms with van der Waals surface area (Å²) >= 11 is 3.56. The molecule has 0 aliphatic heterocycles. The van der Waals surface area contributed by atoms with Gasteiger partial charge in [-0.3, -0.25) is 0 Å². The van der Waals surface area contributed by atoms with Crippen molar-refractivity contribution < 1.29 is 4.74 Å². The van der Waals surface area contributed by atoms with Crippen molar-refractivity contribution in [2.75, 3.05) is 7.05 Å². The van der Waals surface area contributed by atoms with Gasteiger partial charge in [0.05, 0.1) is 12.1 Å². The van der Waals surface area contributed by atoms with Crippen molar-refractivity contribution in [3.8, 4) is 5.75 Å². The van der Waals surface area contributed by atoms with Gasteiger partial charge in [0.2, 0.25) is 0 Å². The van der Waals surface area contributed by atoms with Gasteiger partial charge < -0.3 is 10.1 Å².